The molecule has 0 N–H and O–H groups in total. The molecule has 2 nitrogen and oxygen atoms in total. The predicted molar refractivity (Wildman–Crippen MR) is 115 cm³/mol. The molecule has 0 aliphatic heterocycles. The van der Waals surface area contributed by atoms with Crippen molar-refractivity contribution in [2.75, 3.05) is 0 Å². The Balaban J connectivity index is 2.33. The Morgan fingerprint density at radius 1 is 0.926 bits per heavy atom. The van der Waals surface area contributed by atoms with Gasteiger partial charge >= 0.3 is 5.97 Å². The molecular formula is C25H46O2. The first-order valence-electron chi connectivity index (χ1n) is 11.1. The molecule has 2 aliphatic carbocycles. The zero-order valence-electron chi connectivity index (χ0n) is 20.1. The summed E-state index contributed by atoms with van der Waals surface area (Å²) in [6, 6.07) is 0. The summed E-state index contributed by atoms with van der Waals surface area (Å²) < 4.78 is 6.52. The number of hydrogen-bond acceptors (Lipinski definition) is 2. The van der Waals surface area contributed by atoms with Crippen molar-refractivity contribution in [3.8, 4) is 0 Å². The molecule has 0 aromatic heterocycles. The van der Waals surface area contributed by atoms with Gasteiger partial charge in [-0.2, -0.15) is 0 Å². The molecule has 0 spiro atoms. The van der Waals surface area contributed by atoms with Crippen molar-refractivity contribution in [1.82, 2.24) is 0 Å². The van der Waals surface area contributed by atoms with Crippen LogP contribution in [0.2, 0.25) is 0 Å². The van der Waals surface area contributed by atoms with Crippen LogP contribution in [0.4, 0.5) is 0 Å². The highest BCUT2D eigenvalue weighted by Crippen LogP contribution is 2.66. The summed E-state index contributed by atoms with van der Waals surface area (Å²) in [5.41, 5.74) is -0.430. The summed E-state index contributed by atoms with van der Waals surface area (Å²) in [6.07, 6.45) is 7.08. The van der Waals surface area contributed by atoms with Crippen LogP contribution in [0, 0.1) is 33.0 Å². The van der Waals surface area contributed by atoms with E-state index in [9.17, 15) is 4.79 Å². The molecule has 2 fully saturated rings. The fourth-order valence-corrected chi connectivity index (χ4v) is 5.93. The van der Waals surface area contributed by atoms with E-state index in [0.717, 1.165) is 12.8 Å². The lowest BCUT2D eigenvalue weighted by Gasteiger charge is -2.50. The van der Waals surface area contributed by atoms with Crippen molar-refractivity contribution < 1.29 is 9.53 Å². The largest absolute Gasteiger partial charge is 0.459 e. The van der Waals surface area contributed by atoms with Crippen molar-refractivity contribution >= 4 is 5.97 Å². The van der Waals surface area contributed by atoms with Gasteiger partial charge in [0.1, 0.15) is 5.60 Å². The minimum Gasteiger partial charge on any atom is -0.459 e. The van der Waals surface area contributed by atoms with Crippen LogP contribution >= 0.6 is 0 Å². The van der Waals surface area contributed by atoms with Crippen molar-refractivity contribution in [1.29, 1.82) is 0 Å². The van der Waals surface area contributed by atoms with E-state index in [1.54, 1.807) is 0 Å². The molecule has 2 saturated carbocycles. The van der Waals surface area contributed by atoms with Gasteiger partial charge in [0, 0.05) is 5.41 Å². The van der Waals surface area contributed by atoms with Gasteiger partial charge in [0.15, 0.2) is 0 Å². The van der Waals surface area contributed by atoms with Gasteiger partial charge in [-0.15, -0.1) is 0 Å². The smallest absolute Gasteiger partial charge is 0.313 e. The zero-order chi connectivity index (χ0) is 21.1. The fraction of sp³-hybridized carbons (Fsp3) is 0.960. The molecule has 0 amide bonds. The van der Waals surface area contributed by atoms with E-state index < -0.39 is 11.0 Å². The second-order valence-electron chi connectivity index (χ2n) is 13.3. The normalized spacial score (nSPS) is 27.1. The average Bonchev–Trinajstić information content (AvgIpc) is 2.86. The number of carbonyl (C=O) groups is 1. The van der Waals surface area contributed by atoms with E-state index in [4.69, 9.17) is 4.74 Å². The van der Waals surface area contributed by atoms with Crippen LogP contribution in [-0.2, 0) is 9.53 Å². The van der Waals surface area contributed by atoms with Gasteiger partial charge in [0.05, 0.1) is 5.41 Å². The topological polar surface area (TPSA) is 26.3 Å². The Bertz CT molecular complexity index is 564. The molecule has 27 heavy (non-hydrogen) atoms. The Labute approximate surface area is 169 Å². The number of esters is 1. The average molecular weight is 379 g/mol. The van der Waals surface area contributed by atoms with Gasteiger partial charge < -0.3 is 4.74 Å². The van der Waals surface area contributed by atoms with Crippen LogP contribution < -0.4 is 0 Å². The summed E-state index contributed by atoms with van der Waals surface area (Å²) in [5, 5.41) is 0. The van der Waals surface area contributed by atoms with E-state index in [1.807, 2.05) is 0 Å². The number of rotatable bonds is 5. The maximum Gasteiger partial charge on any atom is 0.313 e. The van der Waals surface area contributed by atoms with Crippen molar-refractivity contribution in [2.45, 2.75) is 120 Å². The number of ether oxygens (including phenoxy) is 1. The number of hydrogen-bond donors (Lipinski definition) is 0. The van der Waals surface area contributed by atoms with E-state index in [-0.39, 0.29) is 27.6 Å². The van der Waals surface area contributed by atoms with Gasteiger partial charge in [-0.05, 0) is 68.6 Å². The third kappa shape index (κ3) is 4.10. The van der Waals surface area contributed by atoms with E-state index >= 15 is 0 Å². The molecule has 0 heterocycles. The van der Waals surface area contributed by atoms with Gasteiger partial charge in [0.25, 0.3) is 0 Å². The third-order valence-corrected chi connectivity index (χ3v) is 8.25. The van der Waals surface area contributed by atoms with Gasteiger partial charge in [-0.1, -0.05) is 68.2 Å². The molecule has 0 radical (unpaired) electrons. The first-order chi connectivity index (χ1) is 11.9. The second-order valence-corrected chi connectivity index (χ2v) is 13.3. The van der Waals surface area contributed by atoms with Crippen LogP contribution in [0.5, 0.6) is 0 Å². The molecule has 158 valence electrons. The lowest BCUT2D eigenvalue weighted by Crippen LogP contribution is -2.52. The van der Waals surface area contributed by atoms with E-state index in [1.165, 1.54) is 25.7 Å². The quantitative estimate of drug-likeness (QED) is 0.466. The monoisotopic (exact) mass is 378 g/mol. The van der Waals surface area contributed by atoms with Gasteiger partial charge in [-0.25, -0.2) is 0 Å². The summed E-state index contributed by atoms with van der Waals surface area (Å²) in [4.78, 5) is 13.7. The maximum absolute atomic E-state index is 13.7. The summed E-state index contributed by atoms with van der Waals surface area (Å²) in [5.74, 6) is 0.422. The zero-order valence-corrected chi connectivity index (χ0v) is 20.1. The fourth-order valence-electron chi connectivity index (χ4n) is 5.93. The predicted octanol–water partition coefficient (Wildman–Crippen LogP) is 7.40. The van der Waals surface area contributed by atoms with Crippen molar-refractivity contribution in [2.24, 2.45) is 33.0 Å². The van der Waals surface area contributed by atoms with Crippen LogP contribution in [0.3, 0.4) is 0 Å². The Morgan fingerprint density at radius 2 is 1.37 bits per heavy atom. The van der Waals surface area contributed by atoms with Crippen LogP contribution in [0.1, 0.15) is 115 Å². The highest BCUT2D eigenvalue weighted by molar-refractivity contribution is 5.79. The minimum atomic E-state index is -0.449. The second kappa shape index (κ2) is 6.49. The highest BCUT2D eigenvalue weighted by atomic mass is 16.6. The molecule has 0 aromatic rings. The van der Waals surface area contributed by atoms with E-state index in [0.29, 0.717) is 5.92 Å². The lowest BCUT2D eigenvalue weighted by molar-refractivity contribution is -0.194. The molecule has 2 rings (SSSR count). The Kier molecular flexibility index (Phi) is 5.47. The molecular weight excluding hydrogens is 332 g/mol. The third-order valence-electron chi connectivity index (χ3n) is 8.25. The first kappa shape index (κ1) is 22.8. The molecule has 2 unspecified atom stereocenters. The lowest BCUT2D eigenvalue weighted by atomic mass is 9.62. The summed E-state index contributed by atoms with van der Waals surface area (Å²) in [6.45, 7) is 24.7. The summed E-state index contributed by atoms with van der Waals surface area (Å²) >= 11 is 0. The minimum absolute atomic E-state index is 0.0239. The standard InChI is InChI=1S/C25H46O2/c1-20(2,3)17-25(14-12-13-15-25)23(9,10)27-19(26)24(11,21(4,5)6)18-16-22(18,7)8/h18H,12-17H2,1-11H3. The van der Waals surface area contributed by atoms with Gasteiger partial charge in [-0.3, -0.25) is 4.79 Å². The van der Waals surface area contributed by atoms with Crippen LogP contribution in [0.15, 0.2) is 0 Å². The Morgan fingerprint density at radius 3 is 1.70 bits per heavy atom. The van der Waals surface area contributed by atoms with Crippen molar-refractivity contribution in [3.05, 3.63) is 0 Å². The molecule has 0 saturated heterocycles. The van der Waals surface area contributed by atoms with Crippen LogP contribution in [-0.4, -0.2) is 11.6 Å². The SMILES string of the molecule is CC(C)(C)CC1(C(C)(C)OC(=O)C(C)(C2CC2(C)C)C(C)(C)C)CCCC1. The Hall–Kier alpha value is -0.530. The van der Waals surface area contributed by atoms with E-state index in [2.05, 4.69) is 76.2 Å². The number of carbonyl (C=O) groups excluding carboxylic acids is 1. The van der Waals surface area contributed by atoms with Gasteiger partial charge in [0.2, 0.25) is 0 Å². The first-order valence-corrected chi connectivity index (χ1v) is 11.1. The molecule has 2 aliphatic rings. The highest BCUT2D eigenvalue weighted by Gasteiger charge is 2.65. The molecule has 0 bridgehead atoms. The molecule has 2 atom stereocenters. The molecule has 0 aromatic carbocycles. The summed E-state index contributed by atoms with van der Waals surface area (Å²) in [7, 11) is 0. The van der Waals surface area contributed by atoms with Crippen molar-refractivity contribution in [3.63, 3.8) is 0 Å². The molecule has 2 heteroatoms. The maximum atomic E-state index is 13.7. The van der Waals surface area contributed by atoms with Crippen LogP contribution in [0.25, 0.3) is 0 Å².